The molecule has 3 aromatic rings. The van der Waals surface area contributed by atoms with Gasteiger partial charge in [-0.15, -0.1) is 0 Å². The van der Waals surface area contributed by atoms with Crippen LogP contribution in [0.5, 0.6) is 5.75 Å². The zero-order valence-electron chi connectivity index (χ0n) is 21.7. The Balaban J connectivity index is 1.35. The minimum absolute atomic E-state index is 0.0220. The molecule has 0 aliphatic carbocycles. The molecule has 4 N–H and O–H groups in total. The number of pyridine rings is 1. The minimum Gasteiger partial charge on any atom is -0.497 e. The molecule has 2 aromatic carbocycles. The maximum absolute atomic E-state index is 13.9. The van der Waals surface area contributed by atoms with E-state index < -0.39 is 23.6 Å². The largest absolute Gasteiger partial charge is 0.497 e. The fourth-order valence-electron chi connectivity index (χ4n) is 5.53. The lowest BCUT2D eigenvalue weighted by Crippen LogP contribution is -2.42. The van der Waals surface area contributed by atoms with Gasteiger partial charge in [-0.25, -0.2) is 13.2 Å². The first-order valence-corrected chi connectivity index (χ1v) is 13.1. The van der Waals surface area contributed by atoms with Crippen LogP contribution in [0.2, 0.25) is 0 Å². The maximum Gasteiger partial charge on any atom is 0.132 e. The average Bonchev–Trinajstić information content (AvgIpc) is 2.92. The molecule has 1 aliphatic rings. The van der Waals surface area contributed by atoms with E-state index in [0.717, 1.165) is 48.0 Å². The van der Waals surface area contributed by atoms with Gasteiger partial charge in [-0.3, -0.25) is 4.98 Å². The Morgan fingerprint density at radius 2 is 1.84 bits per heavy atom. The van der Waals surface area contributed by atoms with Crippen LogP contribution in [0, 0.1) is 22.9 Å². The zero-order valence-corrected chi connectivity index (χ0v) is 21.7. The molecule has 1 atom stereocenters. The molecular formula is C29H36F3N3O3. The second-order valence-electron chi connectivity index (χ2n) is 10.3. The number of nitrogens with zero attached hydrogens (tertiary/aromatic N) is 2. The van der Waals surface area contributed by atoms with Gasteiger partial charge in [0.25, 0.3) is 0 Å². The van der Waals surface area contributed by atoms with Crippen molar-refractivity contribution in [3.63, 3.8) is 0 Å². The highest BCUT2D eigenvalue weighted by atomic mass is 19.1. The molecule has 1 unspecified atom stereocenters. The van der Waals surface area contributed by atoms with Crippen molar-refractivity contribution >= 4 is 10.9 Å². The summed E-state index contributed by atoms with van der Waals surface area (Å²) in [7, 11) is 1.59. The SMILES string of the molecule is COc1ccc2ncc(CN)c(C(O)CCC3(CO)CCN(CCCc4c(F)cc(F)cc4F)CC3)c2c1. The summed E-state index contributed by atoms with van der Waals surface area (Å²) in [6, 6.07) is 6.98. The van der Waals surface area contributed by atoms with Crippen LogP contribution in [0.15, 0.2) is 36.5 Å². The summed E-state index contributed by atoms with van der Waals surface area (Å²) in [5, 5.41) is 22.4. The number of aliphatic hydroxyl groups excluding tert-OH is 2. The Hall–Kier alpha value is -2.72. The van der Waals surface area contributed by atoms with E-state index in [-0.39, 0.29) is 30.6 Å². The Bertz CT molecular complexity index is 1220. The average molecular weight is 532 g/mol. The van der Waals surface area contributed by atoms with Crippen molar-refractivity contribution in [2.45, 2.75) is 51.2 Å². The molecular weight excluding hydrogens is 495 g/mol. The van der Waals surface area contributed by atoms with Crippen LogP contribution < -0.4 is 10.5 Å². The topological polar surface area (TPSA) is 91.8 Å². The van der Waals surface area contributed by atoms with Gasteiger partial charge >= 0.3 is 0 Å². The van der Waals surface area contributed by atoms with Crippen LogP contribution in [-0.2, 0) is 13.0 Å². The van der Waals surface area contributed by atoms with E-state index in [2.05, 4.69) is 9.88 Å². The summed E-state index contributed by atoms with van der Waals surface area (Å²) in [4.78, 5) is 6.69. The monoisotopic (exact) mass is 531 g/mol. The fourth-order valence-corrected chi connectivity index (χ4v) is 5.53. The van der Waals surface area contributed by atoms with Gasteiger partial charge < -0.3 is 25.6 Å². The molecule has 0 amide bonds. The van der Waals surface area contributed by atoms with E-state index in [4.69, 9.17) is 10.5 Å². The van der Waals surface area contributed by atoms with Crippen molar-refractivity contribution in [1.82, 2.24) is 9.88 Å². The third kappa shape index (κ3) is 6.29. The highest BCUT2D eigenvalue weighted by Crippen LogP contribution is 2.39. The van der Waals surface area contributed by atoms with Crippen molar-refractivity contribution in [2.24, 2.45) is 11.1 Å². The number of benzene rings is 2. The number of methoxy groups -OCH3 is 1. The normalized spacial score (nSPS) is 16.6. The Morgan fingerprint density at radius 3 is 2.47 bits per heavy atom. The number of hydrogen-bond donors (Lipinski definition) is 3. The van der Waals surface area contributed by atoms with Crippen molar-refractivity contribution in [3.05, 3.63) is 70.7 Å². The summed E-state index contributed by atoms with van der Waals surface area (Å²) in [5.74, 6) is -1.94. The first-order valence-electron chi connectivity index (χ1n) is 13.1. The highest BCUT2D eigenvalue weighted by Gasteiger charge is 2.34. The molecule has 6 nitrogen and oxygen atoms in total. The van der Waals surface area contributed by atoms with Gasteiger partial charge in [-0.2, -0.15) is 0 Å². The van der Waals surface area contributed by atoms with Crippen LogP contribution in [0.1, 0.15) is 54.9 Å². The molecule has 9 heteroatoms. The van der Waals surface area contributed by atoms with E-state index in [0.29, 0.717) is 43.7 Å². The molecule has 0 radical (unpaired) electrons. The van der Waals surface area contributed by atoms with Crippen molar-refractivity contribution in [1.29, 1.82) is 0 Å². The van der Waals surface area contributed by atoms with Gasteiger partial charge in [0.1, 0.15) is 23.2 Å². The molecule has 38 heavy (non-hydrogen) atoms. The first-order chi connectivity index (χ1) is 18.3. The Morgan fingerprint density at radius 1 is 1.13 bits per heavy atom. The highest BCUT2D eigenvalue weighted by molar-refractivity contribution is 5.85. The quantitative estimate of drug-likeness (QED) is 0.334. The van der Waals surface area contributed by atoms with Crippen LogP contribution in [0.25, 0.3) is 10.9 Å². The fraction of sp³-hybridized carbons (Fsp3) is 0.483. The van der Waals surface area contributed by atoms with E-state index in [9.17, 15) is 23.4 Å². The number of ether oxygens (including phenoxy) is 1. The molecule has 0 bridgehead atoms. The van der Waals surface area contributed by atoms with Gasteiger partial charge in [0, 0.05) is 42.4 Å². The first kappa shape index (κ1) is 28.3. The molecule has 0 saturated carbocycles. The zero-order chi connectivity index (χ0) is 27.3. The number of aliphatic hydroxyl groups is 2. The lowest BCUT2D eigenvalue weighted by molar-refractivity contribution is 0.0233. The Labute approximate surface area is 221 Å². The third-order valence-electron chi connectivity index (χ3n) is 7.96. The van der Waals surface area contributed by atoms with Gasteiger partial charge in [0.15, 0.2) is 0 Å². The van der Waals surface area contributed by atoms with Crippen LogP contribution in [0.3, 0.4) is 0 Å². The molecule has 1 aromatic heterocycles. The minimum atomic E-state index is -0.915. The van der Waals surface area contributed by atoms with Gasteiger partial charge in [0.2, 0.25) is 0 Å². The van der Waals surface area contributed by atoms with Crippen molar-refractivity contribution < 1.29 is 28.1 Å². The van der Waals surface area contributed by atoms with Crippen LogP contribution >= 0.6 is 0 Å². The van der Waals surface area contributed by atoms with Gasteiger partial charge in [-0.05, 0) is 92.9 Å². The summed E-state index contributed by atoms with van der Waals surface area (Å²) < 4.78 is 46.3. The molecule has 1 fully saturated rings. The number of aromatic nitrogens is 1. The predicted octanol–water partition coefficient (Wildman–Crippen LogP) is 4.64. The number of halogens is 3. The third-order valence-corrected chi connectivity index (χ3v) is 7.96. The number of nitrogens with two attached hydrogens (primary N) is 1. The van der Waals surface area contributed by atoms with E-state index in [1.807, 2.05) is 18.2 Å². The number of fused-ring (bicyclic) bond motifs is 1. The number of likely N-dealkylation sites (tertiary alicyclic amines) is 1. The number of rotatable bonds is 11. The number of hydrogen-bond acceptors (Lipinski definition) is 6. The summed E-state index contributed by atoms with van der Waals surface area (Å²) >= 11 is 0. The second-order valence-corrected chi connectivity index (χ2v) is 10.3. The van der Waals surface area contributed by atoms with E-state index in [1.54, 1.807) is 13.3 Å². The molecule has 206 valence electrons. The summed E-state index contributed by atoms with van der Waals surface area (Å²) in [5.41, 5.74) is 7.86. The Kier molecular flexibility index (Phi) is 9.25. The standard InChI is InChI=1S/C29H36F3N3O3/c1-38-21-4-5-26-23(15-21)28(19(16-33)17-34-26)27(37)6-7-29(18-36)8-11-35(12-9-29)10-2-3-22-24(31)13-20(30)14-25(22)32/h4-5,13-15,17,27,36-37H,2-3,6-12,16,18,33H2,1H3. The summed E-state index contributed by atoms with van der Waals surface area (Å²) in [6.07, 6.45) is 4.29. The molecule has 2 heterocycles. The molecule has 1 saturated heterocycles. The van der Waals surface area contributed by atoms with E-state index >= 15 is 0 Å². The predicted molar refractivity (Wildman–Crippen MR) is 140 cm³/mol. The lowest BCUT2D eigenvalue weighted by Gasteiger charge is -2.41. The molecule has 4 rings (SSSR count). The summed E-state index contributed by atoms with van der Waals surface area (Å²) in [6.45, 7) is 2.42. The van der Waals surface area contributed by atoms with Gasteiger partial charge in [-0.1, -0.05) is 0 Å². The second kappa shape index (κ2) is 12.4. The smallest absolute Gasteiger partial charge is 0.132 e. The van der Waals surface area contributed by atoms with Crippen LogP contribution in [-0.4, -0.2) is 53.4 Å². The van der Waals surface area contributed by atoms with Gasteiger partial charge in [0.05, 0.1) is 18.7 Å². The van der Waals surface area contributed by atoms with E-state index in [1.165, 1.54) is 0 Å². The van der Waals surface area contributed by atoms with Crippen molar-refractivity contribution in [2.75, 3.05) is 33.4 Å². The molecule has 0 spiro atoms. The van der Waals surface area contributed by atoms with Crippen LogP contribution in [0.4, 0.5) is 13.2 Å². The molecule has 1 aliphatic heterocycles. The van der Waals surface area contributed by atoms with Crippen molar-refractivity contribution in [3.8, 4) is 5.75 Å². The lowest BCUT2D eigenvalue weighted by atomic mass is 9.74. The number of piperidine rings is 1. The maximum atomic E-state index is 13.9.